The summed E-state index contributed by atoms with van der Waals surface area (Å²) in [6.07, 6.45) is 1.95. The Hall–Kier alpha value is -2.41. The van der Waals surface area contributed by atoms with E-state index in [2.05, 4.69) is 21.4 Å². The number of hydrogen-bond donors (Lipinski definition) is 1. The van der Waals surface area contributed by atoms with Crippen molar-refractivity contribution < 1.29 is 8.42 Å². The molecule has 0 fully saturated rings. The summed E-state index contributed by atoms with van der Waals surface area (Å²) in [4.78, 5) is 0.253. The first-order valence-corrected chi connectivity index (χ1v) is 11.1. The SMILES string of the molecule is Cc1ccc(C2=C[C@H](c3ccc(Br)cc3)N(S(=O)(=O)c3ccccc3)N2)cc1. The van der Waals surface area contributed by atoms with E-state index in [0.29, 0.717) is 0 Å². The molecular formula is C22H19BrN2O2S. The van der Waals surface area contributed by atoms with Gasteiger partial charge in [-0.2, -0.15) is 0 Å². The Morgan fingerprint density at radius 1 is 0.893 bits per heavy atom. The van der Waals surface area contributed by atoms with Crippen molar-refractivity contribution >= 4 is 31.7 Å². The summed E-state index contributed by atoms with van der Waals surface area (Å²) in [5, 5.41) is 0. The fraction of sp³-hybridized carbons (Fsp3) is 0.0909. The molecule has 0 unspecified atom stereocenters. The Morgan fingerprint density at radius 2 is 1.54 bits per heavy atom. The highest BCUT2D eigenvalue weighted by Gasteiger charge is 2.36. The molecule has 4 nitrogen and oxygen atoms in total. The third kappa shape index (κ3) is 3.63. The zero-order valence-corrected chi connectivity index (χ0v) is 17.6. The number of nitrogens with one attached hydrogen (secondary N) is 1. The van der Waals surface area contributed by atoms with E-state index in [9.17, 15) is 8.42 Å². The highest BCUT2D eigenvalue weighted by Crippen LogP contribution is 2.35. The topological polar surface area (TPSA) is 49.4 Å². The van der Waals surface area contributed by atoms with Crippen LogP contribution in [-0.2, 0) is 10.0 Å². The number of nitrogens with zero attached hydrogens (tertiary/aromatic N) is 1. The van der Waals surface area contributed by atoms with Crippen LogP contribution in [0.5, 0.6) is 0 Å². The number of hydrogen-bond acceptors (Lipinski definition) is 3. The van der Waals surface area contributed by atoms with Gasteiger partial charge in [0.1, 0.15) is 0 Å². The summed E-state index contributed by atoms with van der Waals surface area (Å²) >= 11 is 3.44. The lowest BCUT2D eigenvalue weighted by atomic mass is 10.0. The Kier molecular flexibility index (Phi) is 5.10. The van der Waals surface area contributed by atoms with Crippen LogP contribution in [0.4, 0.5) is 0 Å². The van der Waals surface area contributed by atoms with Gasteiger partial charge in [-0.25, -0.2) is 8.42 Å². The maximum Gasteiger partial charge on any atom is 0.260 e. The Balaban J connectivity index is 1.78. The highest BCUT2D eigenvalue weighted by atomic mass is 79.9. The molecule has 1 aliphatic rings. The zero-order valence-electron chi connectivity index (χ0n) is 15.2. The maximum atomic E-state index is 13.3. The molecule has 28 heavy (non-hydrogen) atoms. The van der Waals surface area contributed by atoms with Gasteiger partial charge in [-0.3, -0.25) is 0 Å². The van der Waals surface area contributed by atoms with E-state index in [1.165, 1.54) is 4.41 Å². The van der Waals surface area contributed by atoms with Gasteiger partial charge in [0.2, 0.25) is 0 Å². The minimum absolute atomic E-state index is 0.253. The fourth-order valence-corrected chi connectivity index (χ4v) is 4.84. The zero-order chi connectivity index (χ0) is 19.7. The smallest absolute Gasteiger partial charge is 0.260 e. The van der Waals surface area contributed by atoms with Gasteiger partial charge >= 0.3 is 0 Å². The van der Waals surface area contributed by atoms with Gasteiger partial charge in [0.25, 0.3) is 10.0 Å². The Bertz CT molecular complexity index is 1110. The minimum Gasteiger partial charge on any atom is -0.304 e. The standard InChI is InChI=1S/C22H19BrN2O2S/c1-16-7-9-17(10-8-16)21-15-22(18-11-13-19(23)14-12-18)25(24-21)28(26,27)20-5-3-2-4-6-20/h2-15,22,24H,1H3/t22-/m1/s1. The van der Waals surface area contributed by atoms with Gasteiger partial charge in [0.15, 0.2) is 0 Å². The van der Waals surface area contributed by atoms with Gasteiger partial charge in [0, 0.05) is 4.47 Å². The number of aryl methyl sites for hydroxylation is 1. The van der Waals surface area contributed by atoms with Crippen LogP contribution >= 0.6 is 15.9 Å². The quantitative estimate of drug-likeness (QED) is 0.599. The Morgan fingerprint density at radius 3 is 2.18 bits per heavy atom. The van der Waals surface area contributed by atoms with Crippen LogP contribution in [0.3, 0.4) is 0 Å². The predicted octanol–water partition coefficient (Wildman–Crippen LogP) is 5.05. The van der Waals surface area contributed by atoms with E-state index >= 15 is 0 Å². The predicted molar refractivity (Wildman–Crippen MR) is 115 cm³/mol. The third-order valence-corrected chi connectivity index (χ3v) is 6.91. The average Bonchev–Trinajstić information content (AvgIpc) is 3.16. The molecule has 0 bridgehead atoms. The maximum absolute atomic E-state index is 13.3. The van der Waals surface area contributed by atoms with Crippen LogP contribution in [0, 0.1) is 6.92 Å². The lowest BCUT2D eigenvalue weighted by Crippen LogP contribution is -2.39. The molecule has 0 aromatic heterocycles. The summed E-state index contributed by atoms with van der Waals surface area (Å²) in [6, 6.07) is 23.7. The van der Waals surface area contributed by atoms with E-state index in [1.807, 2.05) is 61.5 Å². The van der Waals surface area contributed by atoms with Crippen molar-refractivity contribution in [2.45, 2.75) is 17.9 Å². The molecule has 0 spiro atoms. The molecule has 1 aliphatic heterocycles. The van der Waals surface area contributed by atoms with E-state index in [-0.39, 0.29) is 4.90 Å². The monoisotopic (exact) mass is 454 g/mol. The van der Waals surface area contributed by atoms with Crippen LogP contribution in [0.2, 0.25) is 0 Å². The number of benzene rings is 3. The molecular weight excluding hydrogens is 436 g/mol. The van der Waals surface area contributed by atoms with Crippen molar-refractivity contribution in [1.29, 1.82) is 0 Å². The van der Waals surface area contributed by atoms with Crippen molar-refractivity contribution in [2.75, 3.05) is 0 Å². The lowest BCUT2D eigenvalue weighted by Gasteiger charge is -2.25. The second-order valence-electron chi connectivity index (χ2n) is 6.67. The number of rotatable bonds is 4. The van der Waals surface area contributed by atoms with Crippen LogP contribution in [0.15, 0.2) is 94.3 Å². The van der Waals surface area contributed by atoms with E-state index in [0.717, 1.165) is 26.9 Å². The van der Waals surface area contributed by atoms with Crippen LogP contribution in [0.1, 0.15) is 22.7 Å². The number of sulfonamides is 1. The second-order valence-corrected chi connectivity index (χ2v) is 9.40. The minimum atomic E-state index is -3.74. The fourth-order valence-electron chi connectivity index (χ4n) is 3.15. The highest BCUT2D eigenvalue weighted by molar-refractivity contribution is 9.10. The summed E-state index contributed by atoms with van der Waals surface area (Å²) in [5.41, 5.74) is 6.88. The normalized spacial score (nSPS) is 17.2. The first-order chi connectivity index (χ1) is 13.4. The molecule has 0 saturated carbocycles. The van der Waals surface area contributed by atoms with Crippen LogP contribution in [-0.4, -0.2) is 12.8 Å². The van der Waals surface area contributed by atoms with E-state index < -0.39 is 16.1 Å². The molecule has 1 heterocycles. The molecule has 142 valence electrons. The molecule has 0 saturated heterocycles. The number of hydrazine groups is 1. The van der Waals surface area contributed by atoms with Crippen LogP contribution in [0.25, 0.3) is 5.70 Å². The van der Waals surface area contributed by atoms with Crippen LogP contribution < -0.4 is 5.43 Å². The Labute approximate surface area is 173 Å². The molecule has 3 aromatic rings. The molecule has 1 N–H and O–H groups in total. The summed E-state index contributed by atoms with van der Waals surface area (Å²) < 4.78 is 29.0. The average molecular weight is 455 g/mol. The van der Waals surface area contributed by atoms with E-state index in [1.54, 1.807) is 30.3 Å². The van der Waals surface area contributed by atoms with Gasteiger partial charge in [-0.05, 0) is 48.4 Å². The summed E-state index contributed by atoms with van der Waals surface area (Å²) in [5.74, 6) is 0. The molecule has 4 rings (SSSR count). The molecule has 6 heteroatoms. The molecule has 0 amide bonds. The van der Waals surface area contributed by atoms with Gasteiger partial charge < -0.3 is 5.43 Å². The third-order valence-electron chi connectivity index (χ3n) is 4.68. The summed E-state index contributed by atoms with van der Waals surface area (Å²) in [7, 11) is -3.74. The first-order valence-electron chi connectivity index (χ1n) is 8.85. The molecule has 0 radical (unpaired) electrons. The van der Waals surface area contributed by atoms with Crippen molar-refractivity contribution in [3.8, 4) is 0 Å². The molecule has 1 atom stereocenters. The lowest BCUT2D eigenvalue weighted by molar-refractivity contribution is 0.348. The first kappa shape index (κ1) is 18.9. The van der Waals surface area contributed by atoms with Gasteiger partial charge in [-0.15, -0.1) is 4.41 Å². The van der Waals surface area contributed by atoms with Crippen molar-refractivity contribution in [3.63, 3.8) is 0 Å². The molecule has 3 aromatic carbocycles. The molecule has 0 aliphatic carbocycles. The van der Waals surface area contributed by atoms with E-state index in [4.69, 9.17) is 0 Å². The number of halogens is 1. The summed E-state index contributed by atoms with van der Waals surface area (Å²) in [6.45, 7) is 2.02. The van der Waals surface area contributed by atoms with Crippen molar-refractivity contribution in [1.82, 2.24) is 9.84 Å². The second kappa shape index (κ2) is 7.54. The van der Waals surface area contributed by atoms with Gasteiger partial charge in [0.05, 0.1) is 16.6 Å². The van der Waals surface area contributed by atoms with Gasteiger partial charge in [-0.1, -0.05) is 76.1 Å². The van der Waals surface area contributed by atoms with Crippen molar-refractivity contribution in [3.05, 3.63) is 106 Å². The largest absolute Gasteiger partial charge is 0.304 e. The van der Waals surface area contributed by atoms with Crippen molar-refractivity contribution in [2.24, 2.45) is 0 Å².